The molecule has 1 fully saturated rings. The Balaban J connectivity index is 2.22. The van der Waals surface area contributed by atoms with E-state index in [0.29, 0.717) is 6.04 Å². The molecule has 1 saturated heterocycles. The summed E-state index contributed by atoms with van der Waals surface area (Å²) in [6, 6.07) is 0.560. The van der Waals surface area contributed by atoms with Gasteiger partial charge in [0.15, 0.2) is 0 Å². The van der Waals surface area contributed by atoms with Crippen LogP contribution in [0.3, 0.4) is 0 Å². The zero-order valence-electron chi connectivity index (χ0n) is 9.32. The van der Waals surface area contributed by atoms with Crippen LogP contribution in [0.4, 0.5) is 0 Å². The third-order valence-electron chi connectivity index (χ3n) is 2.86. The van der Waals surface area contributed by atoms with Crippen LogP contribution in [0.25, 0.3) is 0 Å². The minimum absolute atomic E-state index is 0.0828. The molecule has 4 heteroatoms. The number of hydrogen-bond donors (Lipinski definition) is 2. The van der Waals surface area contributed by atoms with Crippen molar-refractivity contribution < 1.29 is 5.11 Å². The van der Waals surface area contributed by atoms with Gasteiger partial charge in [-0.05, 0) is 13.8 Å². The van der Waals surface area contributed by atoms with Gasteiger partial charge in [0.25, 0.3) is 0 Å². The van der Waals surface area contributed by atoms with Crippen molar-refractivity contribution >= 4 is 0 Å². The lowest BCUT2D eigenvalue weighted by Crippen LogP contribution is -2.52. The average molecular weight is 201 g/mol. The Bertz CT molecular complexity index is 155. The third kappa shape index (κ3) is 3.53. The third-order valence-corrected chi connectivity index (χ3v) is 2.86. The Hall–Kier alpha value is -0.160. The summed E-state index contributed by atoms with van der Waals surface area (Å²) in [7, 11) is 0. The molecule has 0 aromatic rings. The first-order chi connectivity index (χ1) is 6.63. The number of aliphatic hydroxyl groups is 1. The van der Waals surface area contributed by atoms with Crippen LogP contribution in [0.2, 0.25) is 0 Å². The number of nitrogens with zero attached hydrogens (tertiary/aromatic N) is 2. The molecule has 1 atom stereocenters. The van der Waals surface area contributed by atoms with E-state index >= 15 is 0 Å². The largest absolute Gasteiger partial charge is 0.395 e. The predicted molar refractivity (Wildman–Crippen MR) is 58.2 cm³/mol. The van der Waals surface area contributed by atoms with Crippen molar-refractivity contribution in [3.63, 3.8) is 0 Å². The lowest BCUT2D eigenvalue weighted by Gasteiger charge is -2.37. The highest BCUT2D eigenvalue weighted by Crippen LogP contribution is 2.05. The molecule has 0 bridgehead atoms. The van der Waals surface area contributed by atoms with Gasteiger partial charge >= 0.3 is 0 Å². The maximum absolute atomic E-state index is 8.84. The van der Waals surface area contributed by atoms with Crippen molar-refractivity contribution in [2.75, 3.05) is 39.3 Å². The van der Waals surface area contributed by atoms with Gasteiger partial charge in [-0.2, -0.15) is 0 Å². The molecule has 0 aromatic carbocycles. The second-order valence-corrected chi connectivity index (χ2v) is 4.37. The molecular weight excluding hydrogens is 178 g/mol. The van der Waals surface area contributed by atoms with Crippen LogP contribution in [0, 0.1) is 0 Å². The molecule has 84 valence electrons. The van der Waals surface area contributed by atoms with Crippen LogP contribution >= 0.6 is 0 Å². The molecule has 3 N–H and O–H groups in total. The Labute approximate surface area is 86.7 Å². The zero-order chi connectivity index (χ0) is 10.6. The molecule has 14 heavy (non-hydrogen) atoms. The lowest BCUT2D eigenvalue weighted by atomic mass is 10.2. The summed E-state index contributed by atoms with van der Waals surface area (Å²) in [6.07, 6.45) is 0. The number of hydrogen-bond acceptors (Lipinski definition) is 4. The summed E-state index contributed by atoms with van der Waals surface area (Å²) in [6.45, 7) is 9.76. The second-order valence-electron chi connectivity index (χ2n) is 4.37. The molecule has 1 rings (SSSR count). The highest BCUT2D eigenvalue weighted by atomic mass is 16.3. The van der Waals surface area contributed by atoms with Gasteiger partial charge in [-0.15, -0.1) is 0 Å². The Morgan fingerprint density at radius 1 is 1.21 bits per heavy atom. The van der Waals surface area contributed by atoms with E-state index in [-0.39, 0.29) is 12.6 Å². The molecule has 0 radical (unpaired) electrons. The maximum atomic E-state index is 8.84. The second kappa shape index (κ2) is 5.66. The fourth-order valence-corrected chi connectivity index (χ4v) is 1.85. The molecule has 1 aliphatic rings. The first-order valence-electron chi connectivity index (χ1n) is 5.46. The number of rotatable bonds is 4. The van der Waals surface area contributed by atoms with Crippen molar-refractivity contribution in [1.82, 2.24) is 9.80 Å². The molecule has 0 saturated carbocycles. The van der Waals surface area contributed by atoms with E-state index in [9.17, 15) is 0 Å². The normalized spacial score (nSPS) is 22.9. The summed E-state index contributed by atoms with van der Waals surface area (Å²) in [5, 5.41) is 8.84. The molecule has 0 aromatic heterocycles. The van der Waals surface area contributed by atoms with E-state index in [4.69, 9.17) is 10.8 Å². The van der Waals surface area contributed by atoms with Crippen molar-refractivity contribution in [1.29, 1.82) is 0 Å². The van der Waals surface area contributed by atoms with Crippen LogP contribution in [-0.4, -0.2) is 66.3 Å². The monoisotopic (exact) mass is 201 g/mol. The fourth-order valence-electron chi connectivity index (χ4n) is 1.85. The Morgan fingerprint density at radius 2 is 1.79 bits per heavy atom. The minimum Gasteiger partial charge on any atom is -0.395 e. The molecule has 0 spiro atoms. The van der Waals surface area contributed by atoms with Gasteiger partial charge in [-0.25, -0.2) is 0 Å². The van der Waals surface area contributed by atoms with E-state index in [1.165, 1.54) is 0 Å². The number of aliphatic hydroxyl groups excluding tert-OH is 1. The first kappa shape index (κ1) is 11.9. The smallest absolute Gasteiger partial charge is 0.0595 e. The Morgan fingerprint density at radius 3 is 2.21 bits per heavy atom. The van der Waals surface area contributed by atoms with Crippen molar-refractivity contribution in [2.24, 2.45) is 5.73 Å². The fraction of sp³-hybridized carbons (Fsp3) is 1.00. The van der Waals surface area contributed by atoms with Gasteiger partial charge in [0, 0.05) is 44.8 Å². The van der Waals surface area contributed by atoms with Gasteiger partial charge in [0.05, 0.1) is 6.61 Å². The quantitative estimate of drug-likeness (QED) is 0.633. The molecule has 1 aliphatic heterocycles. The molecule has 0 unspecified atom stereocenters. The van der Waals surface area contributed by atoms with Crippen LogP contribution in [0.5, 0.6) is 0 Å². The standard InChI is InChI=1S/C10H23N3O/c1-9(2)13-5-3-12(4-6-13)7-10(11)8-14/h9-10,14H,3-8,11H2,1-2H3/t10-/m1/s1. The molecule has 4 nitrogen and oxygen atoms in total. The highest BCUT2D eigenvalue weighted by molar-refractivity contribution is 4.76. The van der Waals surface area contributed by atoms with Crippen molar-refractivity contribution in [3.8, 4) is 0 Å². The SMILES string of the molecule is CC(C)N1CCN(C[C@@H](N)CO)CC1. The van der Waals surface area contributed by atoms with E-state index in [0.717, 1.165) is 32.7 Å². The summed E-state index contributed by atoms with van der Waals surface area (Å²) in [5.74, 6) is 0. The highest BCUT2D eigenvalue weighted by Gasteiger charge is 2.19. The van der Waals surface area contributed by atoms with Gasteiger partial charge in [-0.1, -0.05) is 0 Å². The molecule has 1 heterocycles. The summed E-state index contributed by atoms with van der Waals surface area (Å²) in [4.78, 5) is 4.81. The van der Waals surface area contributed by atoms with Crippen LogP contribution in [0.1, 0.15) is 13.8 Å². The van der Waals surface area contributed by atoms with E-state index in [2.05, 4.69) is 23.6 Å². The summed E-state index contributed by atoms with van der Waals surface area (Å²) < 4.78 is 0. The van der Waals surface area contributed by atoms with Gasteiger partial charge in [0.1, 0.15) is 0 Å². The van der Waals surface area contributed by atoms with Gasteiger partial charge in [0.2, 0.25) is 0 Å². The molecule has 0 amide bonds. The van der Waals surface area contributed by atoms with Crippen LogP contribution in [0.15, 0.2) is 0 Å². The van der Waals surface area contributed by atoms with Gasteiger partial charge < -0.3 is 10.8 Å². The first-order valence-corrected chi connectivity index (χ1v) is 5.46. The molecule has 0 aliphatic carbocycles. The van der Waals surface area contributed by atoms with Crippen LogP contribution < -0.4 is 5.73 Å². The number of piperazine rings is 1. The van der Waals surface area contributed by atoms with Crippen LogP contribution in [-0.2, 0) is 0 Å². The predicted octanol–water partition coefficient (Wildman–Crippen LogP) is -0.668. The van der Waals surface area contributed by atoms with Crippen molar-refractivity contribution in [2.45, 2.75) is 25.9 Å². The molecular formula is C10H23N3O. The van der Waals surface area contributed by atoms with E-state index < -0.39 is 0 Å². The number of nitrogens with two attached hydrogens (primary N) is 1. The summed E-state index contributed by atoms with van der Waals surface area (Å²) >= 11 is 0. The lowest BCUT2D eigenvalue weighted by molar-refractivity contribution is 0.0974. The maximum Gasteiger partial charge on any atom is 0.0595 e. The van der Waals surface area contributed by atoms with E-state index in [1.54, 1.807) is 0 Å². The van der Waals surface area contributed by atoms with Gasteiger partial charge in [-0.3, -0.25) is 9.80 Å². The Kier molecular flexibility index (Phi) is 4.81. The van der Waals surface area contributed by atoms with E-state index in [1.807, 2.05) is 0 Å². The minimum atomic E-state index is -0.0828. The van der Waals surface area contributed by atoms with Crippen molar-refractivity contribution in [3.05, 3.63) is 0 Å². The summed E-state index contributed by atoms with van der Waals surface area (Å²) in [5.41, 5.74) is 5.69. The zero-order valence-corrected chi connectivity index (χ0v) is 9.32. The topological polar surface area (TPSA) is 52.7 Å². The average Bonchev–Trinajstić information content (AvgIpc) is 2.18.